The summed E-state index contributed by atoms with van der Waals surface area (Å²) in [5.41, 5.74) is 2.40. The molecule has 3 aromatic rings. The Morgan fingerprint density at radius 1 is 1.16 bits per heavy atom. The summed E-state index contributed by atoms with van der Waals surface area (Å²) >= 11 is 0. The number of piperidine rings is 1. The predicted molar refractivity (Wildman–Crippen MR) is 118 cm³/mol. The molecule has 0 aliphatic carbocycles. The minimum absolute atomic E-state index is 0.132. The number of hydrogen-bond donors (Lipinski definition) is 1. The molecule has 3 heterocycles. The van der Waals surface area contributed by atoms with Crippen LogP contribution in [0.5, 0.6) is 5.75 Å². The van der Waals surface area contributed by atoms with Crippen LogP contribution in [0.1, 0.15) is 36.6 Å². The van der Waals surface area contributed by atoms with Gasteiger partial charge in [0.2, 0.25) is 5.91 Å². The smallest absolute Gasteiger partial charge is 0.251 e. The van der Waals surface area contributed by atoms with Crippen molar-refractivity contribution in [3.05, 3.63) is 76.6 Å². The van der Waals surface area contributed by atoms with Crippen molar-refractivity contribution >= 4 is 5.91 Å². The molecule has 1 fully saturated rings. The van der Waals surface area contributed by atoms with Gasteiger partial charge in [0.15, 0.2) is 0 Å². The van der Waals surface area contributed by atoms with Crippen LogP contribution in [0, 0.1) is 0 Å². The van der Waals surface area contributed by atoms with Gasteiger partial charge in [-0.25, -0.2) is 4.98 Å². The summed E-state index contributed by atoms with van der Waals surface area (Å²) in [5, 5.41) is 0. The molecule has 2 aromatic heterocycles. The highest BCUT2D eigenvalue weighted by Crippen LogP contribution is 2.27. The first-order valence-corrected chi connectivity index (χ1v) is 10.6. The van der Waals surface area contributed by atoms with Crippen molar-refractivity contribution in [3.63, 3.8) is 0 Å². The average molecular weight is 418 g/mol. The number of nitrogens with zero attached hydrogens (tertiary/aromatic N) is 3. The van der Waals surface area contributed by atoms with E-state index in [9.17, 15) is 9.59 Å². The normalized spacial score (nSPS) is 14.4. The fraction of sp³-hybridized carbons (Fsp3) is 0.333. The van der Waals surface area contributed by atoms with Gasteiger partial charge in [-0.3, -0.25) is 14.6 Å². The maximum atomic E-state index is 12.7. The number of para-hydroxylation sites is 1. The van der Waals surface area contributed by atoms with E-state index in [2.05, 4.69) is 9.97 Å². The molecular formula is C24H26N4O3. The zero-order valence-corrected chi connectivity index (χ0v) is 17.6. The zero-order chi connectivity index (χ0) is 21.6. The summed E-state index contributed by atoms with van der Waals surface area (Å²) in [4.78, 5) is 38.4. The van der Waals surface area contributed by atoms with Gasteiger partial charge in [-0.15, -0.1) is 0 Å². The molecule has 4 rings (SSSR count). The van der Waals surface area contributed by atoms with E-state index < -0.39 is 0 Å². The Morgan fingerprint density at radius 3 is 2.65 bits per heavy atom. The van der Waals surface area contributed by atoms with E-state index in [4.69, 9.17) is 9.72 Å². The maximum absolute atomic E-state index is 12.7. The van der Waals surface area contributed by atoms with Gasteiger partial charge in [-0.2, -0.15) is 0 Å². The van der Waals surface area contributed by atoms with Crippen LogP contribution >= 0.6 is 0 Å². The van der Waals surface area contributed by atoms with Crippen molar-refractivity contribution in [3.8, 4) is 17.0 Å². The number of ether oxygens (including phenoxy) is 1. The number of methoxy groups -OCH3 is 1. The summed E-state index contributed by atoms with van der Waals surface area (Å²) in [6.45, 7) is 1.33. The molecule has 0 bridgehead atoms. The van der Waals surface area contributed by atoms with Gasteiger partial charge >= 0.3 is 0 Å². The van der Waals surface area contributed by atoms with Gasteiger partial charge in [0.25, 0.3) is 5.56 Å². The fourth-order valence-electron chi connectivity index (χ4n) is 4.05. The van der Waals surface area contributed by atoms with E-state index in [1.165, 1.54) is 6.07 Å². The number of rotatable bonds is 6. The number of pyridine rings is 1. The Hall–Kier alpha value is -3.48. The largest absolute Gasteiger partial charge is 0.496 e. The second-order valence-electron chi connectivity index (χ2n) is 7.72. The number of amides is 1. The number of likely N-dealkylation sites (tertiary alicyclic amines) is 1. The number of carbonyl (C=O) groups is 1. The van der Waals surface area contributed by atoms with Gasteiger partial charge in [0.1, 0.15) is 11.6 Å². The molecule has 1 aromatic carbocycles. The third kappa shape index (κ3) is 4.99. The molecule has 0 spiro atoms. The summed E-state index contributed by atoms with van der Waals surface area (Å²) < 4.78 is 5.37. The number of aromatic nitrogens is 3. The van der Waals surface area contributed by atoms with Gasteiger partial charge in [0, 0.05) is 49.5 Å². The molecule has 1 aliphatic heterocycles. The molecule has 1 amide bonds. The van der Waals surface area contributed by atoms with E-state index in [0.717, 1.165) is 29.7 Å². The Labute approximate surface area is 181 Å². The fourth-order valence-corrected chi connectivity index (χ4v) is 4.05. The minimum Gasteiger partial charge on any atom is -0.496 e. The molecule has 0 atom stereocenters. The summed E-state index contributed by atoms with van der Waals surface area (Å²) in [5.74, 6) is 1.79. The van der Waals surface area contributed by atoms with Gasteiger partial charge in [-0.05, 0) is 43.0 Å². The molecule has 1 N–H and O–H groups in total. The standard InChI is InChI=1S/C24H26N4O3/c1-31-21-5-3-2-4-18(21)6-7-23(30)28-14-10-19(11-15-28)24-26-20(16-22(29)27-24)17-8-12-25-13-9-17/h2-5,8-9,12-13,16,19H,6-7,10-11,14-15H2,1H3,(H,26,27,29). The topological polar surface area (TPSA) is 88.2 Å². The van der Waals surface area contributed by atoms with Crippen molar-refractivity contribution in [2.45, 2.75) is 31.6 Å². The molecule has 31 heavy (non-hydrogen) atoms. The molecule has 7 heteroatoms. The number of hydrogen-bond acceptors (Lipinski definition) is 5. The van der Waals surface area contributed by atoms with Crippen molar-refractivity contribution < 1.29 is 9.53 Å². The van der Waals surface area contributed by atoms with Crippen molar-refractivity contribution in [2.75, 3.05) is 20.2 Å². The quantitative estimate of drug-likeness (QED) is 0.664. The van der Waals surface area contributed by atoms with Crippen molar-refractivity contribution in [1.29, 1.82) is 0 Å². The van der Waals surface area contributed by atoms with Gasteiger partial charge in [0.05, 0.1) is 12.8 Å². The zero-order valence-electron chi connectivity index (χ0n) is 17.6. The highest BCUT2D eigenvalue weighted by atomic mass is 16.5. The van der Waals surface area contributed by atoms with Gasteiger partial charge < -0.3 is 14.6 Å². The van der Waals surface area contributed by atoms with Crippen molar-refractivity contribution in [2.24, 2.45) is 0 Å². The van der Waals surface area contributed by atoms with Crippen LogP contribution in [0.15, 0.2) is 59.7 Å². The lowest BCUT2D eigenvalue weighted by Crippen LogP contribution is -2.38. The number of H-pyrrole nitrogens is 1. The molecule has 7 nitrogen and oxygen atoms in total. The molecule has 0 radical (unpaired) electrons. The van der Waals surface area contributed by atoms with E-state index in [0.29, 0.717) is 37.4 Å². The second-order valence-corrected chi connectivity index (χ2v) is 7.72. The van der Waals surface area contributed by atoms with E-state index in [1.54, 1.807) is 19.5 Å². The Balaban J connectivity index is 1.37. The minimum atomic E-state index is -0.160. The molecule has 1 saturated heterocycles. The van der Waals surface area contributed by atoms with Crippen LogP contribution in [-0.4, -0.2) is 46.0 Å². The van der Waals surface area contributed by atoms with Crippen LogP contribution in [-0.2, 0) is 11.2 Å². The highest BCUT2D eigenvalue weighted by Gasteiger charge is 2.25. The Morgan fingerprint density at radius 2 is 1.90 bits per heavy atom. The molecular weight excluding hydrogens is 392 g/mol. The highest BCUT2D eigenvalue weighted by molar-refractivity contribution is 5.76. The van der Waals surface area contributed by atoms with E-state index >= 15 is 0 Å². The maximum Gasteiger partial charge on any atom is 0.251 e. The lowest BCUT2D eigenvalue weighted by molar-refractivity contribution is -0.132. The summed E-state index contributed by atoms with van der Waals surface area (Å²) in [6, 6.07) is 13.0. The Kier molecular flexibility index (Phi) is 6.40. The van der Waals surface area contributed by atoms with Crippen LogP contribution in [0.2, 0.25) is 0 Å². The first kappa shape index (κ1) is 20.8. The second kappa shape index (κ2) is 9.55. The monoisotopic (exact) mass is 418 g/mol. The SMILES string of the molecule is COc1ccccc1CCC(=O)N1CCC(c2nc(-c3ccncc3)cc(=O)[nH]2)CC1. The number of benzene rings is 1. The van der Waals surface area contributed by atoms with E-state index in [1.807, 2.05) is 41.3 Å². The van der Waals surface area contributed by atoms with Crippen LogP contribution in [0.4, 0.5) is 0 Å². The summed E-state index contributed by atoms with van der Waals surface area (Å²) in [7, 11) is 1.65. The molecule has 160 valence electrons. The molecule has 0 saturated carbocycles. The van der Waals surface area contributed by atoms with Gasteiger partial charge in [-0.1, -0.05) is 18.2 Å². The van der Waals surface area contributed by atoms with Crippen LogP contribution < -0.4 is 10.3 Å². The molecule has 0 unspecified atom stereocenters. The van der Waals surface area contributed by atoms with E-state index in [-0.39, 0.29) is 17.4 Å². The van der Waals surface area contributed by atoms with Crippen LogP contribution in [0.3, 0.4) is 0 Å². The first-order valence-electron chi connectivity index (χ1n) is 10.6. The lowest BCUT2D eigenvalue weighted by Gasteiger charge is -2.31. The van der Waals surface area contributed by atoms with Crippen LogP contribution in [0.25, 0.3) is 11.3 Å². The number of nitrogens with one attached hydrogen (secondary N) is 1. The van der Waals surface area contributed by atoms with Crippen molar-refractivity contribution in [1.82, 2.24) is 19.9 Å². The predicted octanol–water partition coefficient (Wildman–Crippen LogP) is 3.18. The third-order valence-corrected chi connectivity index (χ3v) is 5.77. The lowest BCUT2D eigenvalue weighted by atomic mass is 9.95. The number of carbonyl (C=O) groups excluding carboxylic acids is 1. The third-order valence-electron chi connectivity index (χ3n) is 5.77. The number of aromatic amines is 1. The average Bonchev–Trinajstić information content (AvgIpc) is 2.83. The molecule has 1 aliphatic rings. The number of aryl methyl sites for hydroxylation is 1. The first-order chi connectivity index (χ1) is 15.1. The Bertz CT molecular complexity index is 1090. The summed E-state index contributed by atoms with van der Waals surface area (Å²) in [6.07, 6.45) is 6.05.